The number of rotatable bonds is 8. The summed E-state index contributed by atoms with van der Waals surface area (Å²) in [5, 5.41) is 13.5. The van der Waals surface area contributed by atoms with E-state index in [0.29, 0.717) is 23.4 Å². The minimum absolute atomic E-state index is 0.0413. The number of aromatic carboxylic acids is 1. The number of halogens is 1. The van der Waals surface area contributed by atoms with E-state index in [1.165, 1.54) is 40.9 Å². The zero-order chi connectivity index (χ0) is 23.1. The number of benzene rings is 2. The molecule has 2 aromatic rings. The number of nitrogens with zero attached hydrogens (tertiary/aromatic N) is 2. The molecule has 0 unspecified atom stereocenters. The van der Waals surface area contributed by atoms with Gasteiger partial charge in [-0.1, -0.05) is 49.1 Å². The van der Waals surface area contributed by atoms with E-state index in [0.717, 1.165) is 19.3 Å². The molecule has 0 spiro atoms. The normalized spacial score (nSPS) is 15.2. The zero-order valence-corrected chi connectivity index (χ0v) is 18.8. The maximum atomic E-state index is 13.3. The van der Waals surface area contributed by atoms with Gasteiger partial charge in [-0.15, -0.1) is 0 Å². The number of carbonyl (C=O) groups excluding carboxylic acids is 1. The van der Waals surface area contributed by atoms with Crippen LogP contribution in [0.15, 0.2) is 58.5 Å². The van der Waals surface area contributed by atoms with Crippen molar-refractivity contribution in [3.63, 3.8) is 0 Å². The lowest BCUT2D eigenvalue weighted by Gasteiger charge is -2.32. The number of nitrogens with one attached hydrogen (secondary N) is 1. The number of sulfonamides is 1. The predicted octanol–water partition coefficient (Wildman–Crippen LogP) is 3.51. The van der Waals surface area contributed by atoms with E-state index in [1.807, 2.05) is 0 Å². The van der Waals surface area contributed by atoms with E-state index in [9.17, 15) is 23.1 Å². The fraction of sp³-hybridized carbons (Fsp3) is 0.318. The summed E-state index contributed by atoms with van der Waals surface area (Å²) in [6.45, 7) is -0.395. The number of amides is 1. The van der Waals surface area contributed by atoms with Crippen molar-refractivity contribution in [1.82, 2.24) is 9.73 Å². The van der Waals surface area contributed by atoms with Crippen LogP contribution in [0.3, 0.4) is 0 Å². The number of hydrogen-bond acceptors (Lipinski definition) is 5. The van der Waals surface area contributed by atoms with Gasteiger partial charge in [0.1, 0.15) is 0 Å². The number of hydrazone groups is 1. The second-order valence-corrected chi connectivity index (χ2v) is 9.81. The fourth-order valence-corrected chi connectivity index (χ4v) is 5.44. The molecule has 1 aliphatic rings. The van der Waals surface area contributed by atoms with E-state index in [4.69, 9.17) is 11.6 Å². The summed E-state index contributed by atoms with van der Waals surface area (Å²) in [5.74, 6) is -1.73. The molecular weight excluding hydrogens is 454 g/mol. The van der Waals surface area contributed by atoms with Gasteiger partial charge >= 0.3 is 5.97 Å². The van der Waals surface area contributed by atoms with E-state index in [2.05, 4.69) is 10.5 Å². The average Bonchev–Trinajstić information content (AvgIpc) is 2.78. The Balaban J connectivity index is 1.77. The van der Waals surface area contributed by atoms with Gasteiger partial charge < -0.3 is 5.11 Å². The highest BCUT2D eigenvalue weighted by atomic mass is 35.5. The van der Waals surface area contributed by atoms with Gasteiger partial charge in [0.05, 0.1) is 23.2 Å². The minimum atomic E-state index is -3.92. The van der Waals surface area contributed by atoms with E-state index >= 15 is 0 Å². The highest BCUT2D eigenvalue weighted by Crippen LogP contribution is 2.28. The zero-order valence-electron chi connectivity index (χ0n) is 17.3. The van der Waals surface area contributed by atoms with Crippen LogP contribution in [0.5, 0.6) is 0 Å². The molecule has 32 heavy (non-hydrogen) atoms. The van der Waals surface area contributed by atoms with Gasteiger partial charge in [-0.3, -0.25) is 4.79 Å². The van der Waals surface area contributed by atoms with Gasteiger partial charge in [-0.25, -0.2) is 18.6 Å². The van der Waals surface area contributed by atoms with Gasteiger partial charge in [0, 0.05) is 16.6 Å². The van der Waals surface area contributed by atoms with Gasteiger partial charge in [0.25, 0.3) is 5.91 Å². The Bertz CT molecular complexity index is 1100. The van der Waals surface area contributed by atoms with E-state index in [1.54, 1.807) is 18.2 Å². The first-order valence-electron chi connectivity index (χ1n) is 10.2. The molecule has 0 aliphatic heterocycles. The van der Waals surface area contributed by atoms with Crippen LogP contribution in [0.2, 0.25) is 5.02 Å². The van der Waals surface area contributed by atoms with Crippen molar-refractivity contribution < 1.29 is 23.1 Å². The van der Waals surface area contributed by atoms with Gasteiger partial charge in [0.2, 0.25) is 10.0 Å². The fourth-order valence-electron chi connectivity index (χ4n) is 3.68. The molecule has 2 aromatic carbocycles. The van der Waals surface area contributed by atoms with Crippen molar-refractivity contribution in [2.24, 2.45) is 5.10 Å². The van der Waals surface area contributed by atoms with Crippen LogP contribution in [0.4, 0.5) is 0 Å². The molecule has 0 atom stereocenters. The molecule has 1 fully saturated rings. The second kappa shape index (κ2) is 10.7. The van der Waals surface area contributed by atoms with E-state index < -0.39 is 28.4 Å². The first kappa shape index (κ1) is 23.9. The molecule has 0 heterocycles. The predicted molar refractivity (Wildman–Crippen MR) is 121 cm³/mol. The third kappa shape index (κ3) is 5.93. The Labute approximate surface area is 191 Å². The summed E-state index contributed by atoms with van der Waals surface area (Å²) in [6, 6.07) is 11.8. The monoisotopic (exact) mass is 477 g/mol. The summed E-state index contributed by atoms with van der Waals surface area (Å²) in [6.07, 6.45) is 5.39. The highest BCUT2D eigenvalue weighted by molar-refractivity contribution is 7.89. The number of hydrogen-bond donors (Lipinski definition) is 2. The summed E-state index contributed by atoms with van der Waals surface area (Å²) in [7, 11) is -3.92. The molecule has 0 bridgehead atoms. The third-order valence-electron chi connectivity index (χ3n) is 5.29. The standard InChI is InChI=1S/C22H24ClN3O5S/c23-17-10-12-19(13-11-17)32(30,31)26(18-7-2-1-3-8-18)15-21(27)25-24-14-16-6-4-5-9-20(16)22(28)29/h4-6,9-14,18H,1-3,7-8,15H2,(H,25,27)(H,28,29). The average molecular weight is 478 g/mol. The molecule has 0 radical (unpaired) electrons. The van der Waals surface area contributed by atoms with Crippen LogP contribution in [0.1, 0.15) is 48.0 Å². The molecule has 0 saturated heterocycles. The molecule has 3 rings (SSSR count). The van der Waals surface area contributed by atoms with Crippen molar-refractivity contribution in [2.45, 2.75) is 43.0 Å². The summed E-state index contributed by atoms with van der Waals surface area (Å²) in [5.41, 5.74) is 2.67. The Morgan fingerprint density at radius 2 is 1.75 bits per heavy atom. The summed E-state index contributed by atoms with van der Waals surface area (Å²) in [4.78, 5) is 23.9. The molecule has 170 valence electrons. The second-order valence-electron chi connectivity index (χ2n) is 7.48. The number of carboxylic acids is 1. The molecule has 1 saturated carbocycles. The third-order valence-corrected chi connectivity index (χ3v) is 7.45. The molecule has 0 aromatic heterocycles. The first-order chi connectivity index (χ1) is 15.3. The van der Waals surface area contributed by atoms with Crippen molar-refractivity contribution in [1.29, 1.82) is 0 Å². The molecule has 1 aliphatic carbocycles. The SMILES string of the molecule is O=C(CN(C1CCCCC1)S(=O)(=O)c1ccc(Cl)cc1)NN=Cc1ccccc1C(=O)O. The Morgan fingerprint density at radius 3 is 2.41 bits per heavy atom. The quantitative estimate of drug-likeness (QED) is 0.445. The van der Waals surface area contributed by atoms with Gasteiger partial charge in [-0.05, 0) is 43.2 Å². The molecule has 8 nitrogen and oxygen atoms in total. The minimum Gasteiger partial charge on any atom is -0.478 e. The van der Waals surface area contributed by atoms with Crippen LogP contribution in [0.25, 0.3) is 0 Å². The van der Waals surface area contributed by atoms with Crippen molar-refractivity contribution >= 4 is 39.7 Å². The number of carboxylic acid groups (broad SMARTS) is 1. The largest absolute Gasteiger partial charge is 0.478 e. The summed E-state index contributed by atoms with van der Waals surface area (Å²) >= 11 is 5.89. The van der Waals surface area contributed by atoms with Crippen LogP contribution < -0.4 is 5.43 Å². The maximum Gasteiger partial charge on any atom is 0.336 e. The highest BCUT2D eigenvalue weighted by Gasteiger charge is 2.33. The smallest absolute Gasteiger partial charge is 0.336 e. The maximum absolute atomic E-state index is 13.3. The van der Waals surface area contributed by atoms with Crippen LogP contribution >= 0.6 is 11.6 Å². The lowest BCUT2D eigenvalue weighted by molar-refractivity contribution is -0.121. The molecule has 10 heteroatoms. The Kier molecular flexibility index (Phi) is 8.00. The van der Waals surface area contributed by atoms with E-state index in [-0.39, 0.29) is 16.5 Å². The van der Waals surface area contributed by atoms with Crippen LogP contribution in [-0.2, 0) is 14.8 Å². The molecular formula is C22H24ClN3O5S. The lowest BCUT2D eigenvalue weighted by Crippen LogP contribution is -2.46. The first-order valence-corrected chi connectivity index (χ1v) is 12.0. The molecule has 2 N–H and O–H groups in total. The van der Waals surface area contributed by atoms with Crippen LogP contribution in [0, 0.1) is 0 Å². The molecule has 1 amide bonds. The summed E-state index contributed by atoms with van der Waals surface area (Å²) < 4.78 is 27.8. The Morgan fingerprint density at radius 1 is 1.09 bits per heavy atom. The topological polar surface area (TPSA) is 116 Å². The van der Waals surface area contributed by atoms with Crippen molar-refractivity contribution in [3.05, 3.63) is 64.7 Å². The van der Waals surface area contributed by atoms with Gasteiger partial charge in [-0.2, -0.15) is 9.41 Å². The number of carbonyl (C=O) groups is 2. The Hall–Kier alpha value is -2.75. The van der Waals surface area contributed by atoms with Crippen molar-refractivity contribution in [3.8, 4) is 0 Å². The lowest BCUT2D eigenvalue weighted by atomic mass is 9.95. The van der Waals surface area contributed by atoms with Crippen LogP contribution in [-0.4, -0.2) is 48.5 Å². The van der Waals surface area contributed by atoms with Crippen molar-refractivity contribution in [2.75, 3.05) is 6.54 Å². The van der Waals surface area contributed by atoms with Gasteiger partial charge in [0.15, 0.2) is 0 Å².